The highest BCUT2D eigenvalue weighted by molar-refractivity contribution is 7.82. The van der Waals surface area contributed by atoms with Gasteiger partial charge in [0, 0.05) is 10.7 Å². The van der Waals surface area contributed by atoms with Crippen LogP contribution in [0, 0.1) is 18.3 Å². The number of H-pyrrole nitrogens is 1. The number of hydrogen-bond donors (Lipinski definition) is 3. The lowest BCUT2D eigenvalue weighted by Crippen LogP contribution is -2.20. The van der Waals surface area contributed by atoms with Gasteiger partial charge in [-0.05, 0) is 36.2 Å². The molecular weight excluding hydrogens is 358 g/mol. The molecule has 25 heavy (non-hydrogen) atoms. The number of nitrogens with one attached hydrogen (secondary N) is 2. The summed E-state index contributed by atoms with van der Waals surface area (Å²) in [5.74, 6) is 0.483. The lowest BCUT2D eigenvalue weighted by molar-refractivity contribution is 1.08. The number of rotatable bonds is 4. The summed E-state index contributed by atoms with van der Waals surface area (Å²) < 4.78 is 0. The molecule has 2 heterocycles. The van der Waals surface area contributed by atoms with Crippen molar-refractivity contribution in [2.75, 3.05) is 5.43 Å². The molecule has 4 N–H and O–H groups in total. The summed E-state index contributed by atoms with van der Waals surface area (Å²) in [5, 5.41) is 21.3. The zero-order chi connectivity index (χ0) is 18.0. The summed E-state index contributed by atoms with van der Waals surface area (Å²) in [6.45, 7) is 1.89. The number of thiocarbonyl (C=S) groups is 1. The average Bonchev–Trinajstić information content (AvgIpc) is 2.98. The molecule has 1 aromatic carbocycles. The van der Waals surface area contributed by atoms with Gasteiger partial charge in [-0.2, -0.15) is 15.5 Å². The van der Waals surface area contributed by atoms with Gasteiger partial charge in [-0.25, -0.2) is 4.98 Å². The van der Waals surface area contributed by atoms with Crippen LogP contribution in [-0.2, 0) is 0 Å². The number of aromatic nitrogens is 3. The summed E-state index contributed by atoms with van der Waals surface area (Å²) in [7, 11) is 0. The molecule has 0 aliphatic carbocycles. The Kier molecular flexibility index (Phi) is 4.61. The van der Waals surface area contributed by atoms with E-state index in [1.54, 1.807) is 0 Å². The van der Waals surface area contributed by atoms with Crippen LogP contribution in [-0.4, -0.2) is 25.9 Å². The van der Waals surface area contributed by atoms with Crippen molar-refractivity contribution in [1.29, 1.82) is 5.26 Å². The van der Waals surface area contributed by atoms with Gasteiger partial charge in [0.05, 0.1) is 5.39 Å². The first-order valence-electron chi connectivity index (χ1n) is 7.15. The second-order valence-corrected chi connectivity index (χ2v) is 6.04. The lowest BCUT2D eigenvalue weighted by Gasteiger charge is -2.07. The Labute approximate surface area is 153 Å². The number of anilines is 1. The molecule has 0 aliphatic rings. The number of nitriles is 1. The molecule has 0 unspecified atom stereocenters. The molecule has 0 saturated carbocycles. The van der Waals surface area contributed by atoms with Gasteiger partial charge in [0.15, 0.2) is 17.2 Å². The summed E-state index contributed by atoms with van der Waals surface area (Å²) in [5.41, 5.74) is 11.3. The monoisotopic (exact) mass is 369 g/mol. The molecule has 0 radical (unpaired) electrons. The topological polar surface area (TPSA) is 116 Å². The van der Waals surface area contributed by atoms with Crippen LogP contribution >= 0.6 is 23.8 Å². The molecule has 3 rings (SSSR count). The van der Waals surface area contributed by atoms with E-state index >= 15 is 0 Å². The third-order valence-electron chi connectivity index (χ3n) is 3.43. The van der Waals surface area contributed by atoms with Crippen LogP contribution < -0.4 is 11.2 Å². The minimum Gasteiger partial charge on any atom is -0.387 e. The van der Waals surface area contributed by atoms with Gasteiger partial charge >= 0.3 is 0 Å². The first kappa shape index (κ1) is 16.8. The minimum absolute atomic E-state index is 0.0779. The highest BCUT2D eigenvalue weighted by atomic mass is 35.5. The van der Waals surface area contributed by atoms with E-state index in [1.807, 2.05) is 43.3 Å². The second kappa shape index (κ2) is 6.84. The van der Waals surface area contributed by atoms with Crippen LogP contribution in [0.2, 0.25) is 5.02 Å². The second-order valence-electron chi connectivity index (χ2n) is 5.16. The number of nitrogens with two attached hydrogens (primary N) is 1. The molecule has 2 aromatic heterocycles. The van der Waals surface area contributed by atoms with Crippen LogP contribution in [0.25, 0.3) is 22.2 Å². The van der Waals surface area contributed by atoms with Crippen molar-refractivity contribution in [3.05, 3.63) is 41.0 Å². The van der Waals surface area contributed by atoms with Gasteiger partial charge in [0.25, 0.3) is 0 Å². The highest BCUT2D eigenvalue weighted by Gasteiger charge is 2.14. The number of nitrogens with zero attached hydrogens (tertiary/aromatic N) is 4. The molecule has 7 nitrogen and oxygen atoms in total. The molecule has 0 fully saturated rings. The maximum Gasteiger partial charge on any atom is 0.194 e. The van der Waals surface area contributed by atoms with Gasteiger partial charge in [-0.3, -0.25) is 10.5 Å². The Bertz CT molecular complexity index is 1030. The SMILES string of the molecule is Cc1cc(-c2ccc(Cl)cc2)c2c(N/N=C(\C#N)C(N)=S)[nH]nc2n1. The summed E-state index contributed by atoms with van der Waals surface area (Å²) in [6.07, 6.45) is 0. The van der Waals surface area contributed by atoms with Crippen LogP contribution in [0.3, 0.4) is 0 Å². The number of pyridine rings is 1. The molecule has 9 heteroatoms. The molecule has 0 spiro atoms. The Morgan fingerprint density at radius 2 is 2.12 bits per heavy atom. The van der Waals surface area contributed by atoms with E-state index in [1.165, 1.54) is 0 Å². The highest BCUT2D eigenvalue weighted by Crippen LogP contribution is 2.33. The standard InChI is InChI=1S/C16H12ClN7S/c1-8-6-11(9-2-4-10(17)5-3-9)13-15(20-8)22-24-16(13)23-21-12(7-18)14(19)25/h2-6H,1H3,(H2,19,25)(H2,20,22,23,24)/b21-12+. The largest absolute Gasteiger partial charge is 0.387 e. The minimum atomic E-state index is -0.0919. The quantitative estimate of drug-likeness (QED) is 0.369. The van der Waals surface area contributed by atoms with Crippen molar-refractivity contribution < 1.29 is 0 Å². The number of hydrazone groups is 1. The molecule has 0 aliphatic heterocycles. The smallest absolute Gasteiger partial charge is 0.194 e. The van der Waals surface area contributed by atoms with E-state index in [4.69, 9.17) is 34.8 Å². The lowest BCUT2D eigenvalue weighted by atomic mass is 10.0. The third-order valence-corrected chi connectivity index (χ3v) is 3.87. The maximum atomic E-state index is 8.99. The summed E-state index contributed by atoms with van der Waals surface area (Å²) in [4.78, 5) is 4.32. The summed E-state index contributed by atoms with van der Waals surface area (Å²) >= 11 is 10.7. The number of hydrogen-bond acceptors (Lipinski definition) is 6. The fraction of sp³-hybridized carbons (Fsp3) is 0.0625. The fourth-order valence-electron chi connectivity index (χ4n) is 2.33. The van der Waals surface area contributed by atoms with E-state index in [-0.39, 0.29) is 10.7 Å². The Morgan fingerprint density at radius 3 is 2.76 bits per heavy atom. The molecule has 0 bridgehead atoms. The average molecular weight is 370 g/mol. The van der Waals surface area contributed by atoms with Crippen LogP contribution in [0.1, 0.15) is 5.69 Å². The number of halogens is 1. The first-order valence-corrected chi connectivity index (χ1v) is 7.93. The van der Waals surface area contributed by atoms with Gasteiger partial charge in [-0.1, -0.05) is 36.0 Å². The first-order chi connectivity index (χ1) is 12.0. The van der Waals surface area contributed by atoms with Crippen molar-refractivity contribution in [2.24, 2.45) is 10.8 Å². The van der Waals surface area contributed by atoms with Crippen molar-refractivity contribution in [3.63, 3.8) is 0 Å². The zero-order valence-corrected chi connectivity index (χ0v) is 14.6. The van der Waals surface area contributed by atoms with E-state index in [0.717, 1.165) is 22.2 Å². The molecule has 124 valence electrons. The van der Waals surface area contributed by atoms with Gasteiger partial charge < -0.3 is 5.73 Å². The number of benzene rings is 1. The van der Waals surface area contributed by atoms with Crippen molar-refractivity contribution in [3.8, 4) is 17.2 Å². The van der Waals surface area contributed by atoms with Crippen molar-refractivity contribution in [2.45, 2.75) is 6.92 Å². The predicted octanol–water partition coefficient (Wildman–Crippen LogP) is 3.16. The number of aryl methyl sites for hydroxylation is 1. The van der Waals surface area contributed by atoms with E-state index in [9.17, 15) is 0 Å². The van der Waals surface area contributed by atoms with Crippen molar-refractivity contribution in [1.82, 2.24) is 15.2 Å². The maximum absolute atomic E-state index is 8.99. The Balaban J connectivity index is 2.14. The molecule has 0 amide bonds. The Hall–Kier alpha value is -3.02. The van der Waals surface area contributed by atoms with Gasteiger partial charge in [0.1, 0.15) is 11.1 Å². The van der Waals surface area contributed by atoms with Gasteiger partial charge in [-0.15, -0.1) is 0 Å². The van der Waals surface area contributed by atoms with Crippen molar-refractivity contribution >= 4 is 51.4 Å². The van der Waals surface area contributed by atoms with E-state index in [0.29, 0.717) is 16.5 Å². The van der Waals surface area contributed by atoms with Crippen LogP contribution in [0.4, 0.5) is 5.82 Å². The van der Waals surface area contributed by atoms with E-state index < -0.39 is 0 Å². The molecule has 3 aromatic rings. The number of aromatic amines is 1. The summed E-state index contributed by atoms with van der Waals surface area (Å²) in [6, 6.07) is 11.2. The normalized spacial score (nSPS) is 11.3. The fourth-order valence-corrected chi connectivity index (χ4v) is 2.55. The van der Waals surface area contributed by atoms with Crippen LogP contribution in [0.5, 0.6) is 0 Å². The zero-order valence-electron chi connectivity index (χ0n) is 13.0. The third kappa shape index (κ3) is 3.42. The molecule has 0 atom stereocenters. The van der Waals surface area contributed by atoms with E-state index in [2.05, 4.69) is 25.7 Å². The van der Waals surface area contributed by atoms with Gasteiger partial charge in [0.2, 0.25) is 0 Å². The number of fused-ring (bicyclic) bond motifs is 1. The molecule has 0 saturated heterocycles. The molecular formula is C16H12ClN7S. The Morgan fingerprint density at radius 1 is 1.40 bits per heavy atom. The van der Waals surface area contributed by atoms with Crippen LogP contribution in [0.15, 0.2) is 35.4 Å². The predicted molar refractivity (Wildman–Crippen MR) is 103 cm³/mol.